The maximum atomic E-state index is 8.52. The normalized spacial score (nSPS) is 12.0. The van der Waals surface area contributed by atoms with E-state index in [-0.39, 0.29) is 0 Å². The van der Waals surface area contributed by atoms with Gasteiger partial charge in [-0.1, -0.05) is 119 Å². The molecule has 0 N–H and O–H groups in total. The fourth-order valence-electron chi connectivity index (χ4n) is 6.19. The van der Waals surface area contributed by atoms with Crippen LogP contribution in [0.5, 0.6) is 0 Å². The van der Waals surface area contributed by atoms with E-state index < -0.39 is 24.9 Å². The van der Waals surface area contributed by atoms with Crippen LogP contribution in [0.15, 0.2) is 0 Å². The van der Waals surface area contributed by atoms with Crippen molar-refractivity contribution in [1.29, 1.82) is 0 Å². The Bertz CT molecular complexity index is 560. The van der Waals surface area contributed by atoms with Gasteiger partial charge in [-0.2, -0.15) is 0 Å². The Kier molecular flexibility index (Phi) is 40.1. The topological polar surface area (TPSA) is 80.3 Å². The summed E-state index contributed by atoms with van der Waals surface area (Å²) in [5.41, 5.74) is 0. The fraction of sp³-hybridized carbons (Fsp3) is 1.00. The van der Waals surface area contributed by atoms with Gasteiger partial charge in [-0.25, -0.2) is 0 Å². The first kappa shape index (κ1) is 50.1. The highest BCUT2D eigenvalue weighted by molar-refractivity contribution is 7.79. The first-order valence-electron chi connectivity index (χ1n) is 19.7. The molecule has 0 bridgehead atoms. The lowest BCUT2D eigenvalue weighted by molar-refractivity contribution is 0.352. The van der Waals surface area contributed by atoms with Crippen LogP contribution in [0, 0.1) is 0 Å². The summed E-state index contributed by atoms with van der Waals surface area (Å²) in [5.74, 6) is 0. The van der Waals surface area contributed by atoms with Crippen molar-refractivity contribution in [2.75, 3.05) is 50.3 Å². The molecule has 0 radical (unpaired) electrons. The molecule has 45 heavy (non-hydrogen) atoms. The van der Waals surface area contributed by atoms with Crippen molar-refractivity contribution in [3.63, 3.8) is 0 Å². The molecule has 0 saturated carbocycles. The van der Waals surface area contributed by atoms with Crippen LogP contribution in [0.3, 0.4) is 0 Å². The van der Waals surface area contributed by atoms with Gasteiger partial charge in [-0.15, -0.1) is 0 Å². The smallest absolute Gasteiger partial charge is 0.0591 e. The maximum absolute atomic E-state index is 8.52. The minimum atomic E-state index is -5.17. The molecule has 0 aromatic heterocycles. The Morgan fingerprint density at radius 2 is 0.467 bits per heavy atom. The summed E-state index contributed by atoms with van der Waals surface area (Å²) >= 11 is 0. The van der Waals surface area contributed by atoms with Gasteiger partial charge >= 0.3 is 0 Å². The minimum Gasteiger partial charge on any atom is -0.759 e. The molecule has 0 saturated heterocycles. The van der Waals surface area contributed by atoms with E-state index in [0.29, 0.717) is 0 Å². The fourth-order valence-corrected chi connectivity index (χ4v) is 13.5. The monoisotopic (exact) mass is 699 g/mol. The van der Waals surface area contributed by atoms with Crippen molar-refractivity contribution in [3.8, 4) is 0 Å². The Morgan fingerprint density at radius 1 is 0.333 bits per heavy atom. The van der Waals surface area contributed by atoms with E-state index in [1.807, 2.05) is 0 Å². The Hall–Kier alpha value is 0.730. The summed E-state index contributed by atoms with van der Waals surface area (Å²) < 4.78 is 34.1. The van der Waals surface area contributed by atoms with Crippen LogP contribution in [-0.4, -0.2) is 67.8 Å². The van der Waals surface area contributed by atoms with E-state index in [4.69, 9.17) is 17.5 Å². The van der Waals surface area contributed by atoms with E-state index in [2.05, 4.69) is 54.9 Å². The van der Waals surface area contributed by atoms with E-state index in [0.717, 1.165) is 0 Å². The zero-order valence-corrected chi connectivity index (χ0v) is 34.8. The van der Waals surface area contributed by atoms with Crippen LogP contribution in [0.1, 0.15) is 196 Å². The second-order valence-corrected chi connectivity index (χ2v) is 24.3. The molecule has 0 unspecified atom stereocenters. The summed E-state index contributed by atoms with van der Waals surface area (Å²) in [4.78, 5) is 0. The molecule has 0 rings (SSSR count). The standard InChI is InChI=1S/2C19H42P.H2O4S/c2*1-5-8-11-14-17-20(4,18-15-12-9-6-2)19-16-13-10-7-3;1-5(2,3)4/h2*5-19H2,1-4H3;(H2,1,2,3,4)/q2*+1;/p-2. The molecule has 0 aromatic rings. The van der Waals surface area contributed by atoms with Gasteiger partial charge in [-0.3, -0.25) is 8.42 Å². The first-order chi connectivity index (χ1) is 21.4. The quantitative estimate of drug-likeness (QED) is 0.0324. The van der Waals surface area contributed by atoms with Crippen LogP contribution in [-0.2, 0) is 10.4 Å². The third kappa shape index (κ3) is 44.7. The van der Waals surface area contributed by atoms with Gasteiger partial charge in [0.1, 0.15) is 0 Å². The van der Waals surface area contributed by atoms with Gasteiger partial charge in [0.25, 0.3) is 0 Å². The molecule has 0 atom stereocenters. The second-order valence-electron chi connectivity index (χ2n) is 14.4. The molecule has 0 amide bonds. The highest BCUT2D eigenvalue weighted by Crippen LogP contribution is 2.58. The van der Waals surface area contributed by atoms with Gasteiger partial charge in [0.2, 0.25) is 0 Å². The van der Waals surface area contributed by atoms with E-state index >= 15 is 0 Å². The number of unbranched alkanes of at least 4 members (excludes halogenated alkanes) is 18. The molecule has 0 aromatic carbocycles. The Balaban J connectivity index is -0.000000680. The van der Waals surface area contributed by atoms with Crippen LogP contribution in [0.2, 0.25) is 0 Å². The molecule has 0 heterocycles. The van der Waals surface area contributed by atoms with E-state index in [1.54, 1.807) is 37.0 Å². The summed E-state index contributed by atoms with van der Waals surface area (Å²) in [6, 6.07) is 0. The van der Waals surface area contributed by atoms with Gasteiger partial charge in [-0.05, 0) is 77.0 Å². The van der Waals surface area contributed by atoms with Crippen LogP contribution < -0.4 is 0 Å². The van der Waals surface area contributed by atoms with Crippen LogP contribution in [0.4, 0.5) is 0 Å². The molecular formula is C38H84O4P2S. The predicted octanol–water partition coefficient (Wildman–Crippen LogP) is 13.4. The van der Waals surface area contributed by atoms with E-state index in [9.17, 15) is 0 Å². The summed E-state index contributed by atoms with van der Waals surface area (Å²) in [6.07, 6.45) is 44.5. The second kappa shape index (κ2) is 36.0. The molecule has 0 aliphatic heterocycles. The molecule has 0 aliphatic carbocycles. The number of hydrogen-bond donors (Lipinski definition) is 0. The molecule has 7 heteroatoms. The van der Waals surface area contributed by atoms with Crippen molar-refractivity contribution in [2.24, 2.45) is 0 Å². The molecule has 0 aliphatic rings. The molecule has 0 spiro atoms. The van der Waals surface area contributed by atoms with Crippen molar-refractivity contribution >= 4 is 24.9 Å². The SMILES string of the molecule is CCCCCC[P+](C)(CCCCCC)CCCCCC.CCCCCC[P+](C)(CCCCCC)CCCCCC.O=S(=O)([O-])[O-]. The third-order valence-corrected chi connectivity index (χ3v) is 17.7. The number of rotatable bonds is 30. The Labute approximate surface area is 287 Å². The van der Waals surface area contributed by atoms with Gasteiger partial charge in [0.05, 0.1) is 37.0 Å². The largest absolute Gasteiger partial charge is 0.759 e. The first-order valence-corrected chi connectivity index (χ1v) is 26.6. The van der Waals surface area contributed by atoms with Crippen molar-refractivity contribution in [1.82, 2.24) is 0 Å². The van der Waals surface area contributed by atoms with E-state index in [1.165, 1.54) is 154 Å². The van der Waals surface area contributed by atoms with Crippen molar-refractivity contribution in [3.05, 3.63) is 0 Å². The Morgan fingerprint density at radius 3 is 0.578 bits per heavy atom. The lowest BCUT2D eigenvalue weighted by Gasteiger charge is -2.23. The average molecular weight is 699 g/mol. The van der Waals surface area contributed by atoms with Crippen molar-refractivity contribution in [2.45, 2.75) is 196 Å². The third-order valence-electron chi connectivity index (χ3n) is 9.31. The molecule has 4 nitrogen and oxygen atoms in total. The molecular weight excluding hydrogens is 614 g/mol. The van der Waals surface area contributed by atoms with Crippen LogP contribution >= 0.6 is 14.5 Å². The highest BCUT2D eigenvalue weighted by Gasteiger charge is 2.30. The zero-order valence-electron chi connectivity index (χ0n) is 32.1. The van der Waals surface area contributed by atoms with Gasteiger partial charge < -0.3 is 9.11 Å². The van der Waals surface area contributed by atoms with Crippen molar-refractivity contribution < 1.29 is 17.5 Å². The highest BCUT2D eigenvalue weighted by atomic mass is 32.3. The zero-order chi connectivity index (χ0) is 34.7. The lowest BCUT2D eigenvalue weighted by atomic mass is 10.2. The molecule has 276 valence electrons. The van der Waals surface area contributed by atoms with Gasteiger partial charge in [0.15, 0.2) is 0 Å². The number of hydrogen-bond acceptors (Lipinski definition) is 4. The summed E-state index contributed by atoms with van der Waals surface area (Å²) in [6.45, 7) is 19.3. The van der Waals surface area contributed by atoms with Crippen LogP contribution in [0.25, 0.3) is 0 Å². The average Bonchev–Trinajstić information content (AvgIpc) is 2.98. The summed E-state index contributed by atoms with van der Waals surface area (Å²) in [5, 5.41) is 0. The minimum absolute atomic E-state index is 0.590. The maximum Gasteiger partial charge on any atom is 0.0591 e. The molecule has 0 fully saturated rings. The summed E-state index contributed by atoms with van der Waals surface area (Å²) in [7, 11) is -6.35. The predicted molar refractivity (Wildman–Crippen MR) is 210 cm³/mol. The lowest BCUT2D eigenvalue weighted by Crippen LogP contribution is -2.07. The van der Waals surface area contributed by atoms with Gasteiger partial charge in [0, 0.05) is 38.3 Å².